The van der Waals surface area contributed by atoms with Gasteiger partial charge in [0.15, 0.2) is 0 Å². The molecule has 0 saturated heterocycles. The molecule has 1 heterocycles. The summed E-state index contributed by atoms with van der Waals surface area (Å²) >= 11 is 0. The van der Waals surface area contributed by atoms with Gasteiger partial charge in [-0.15, -0.1) is 0 Å². The zero-order valence-corrected chi connectivity index (χ0v) is 9.81. The van der Waals surface area contributed by atoms with Crippen molar-refractivity contribution in [1.29, 1.82) is 0 Å². The number of aliphatic hydroxyl groups is 1. The van der Waals surface area contributed by atoms with Gasteiger partial charge < -0.3 is 15.0 Å². The molecule has 7 heteroatoms. The van der Waals surface area contributed by atoms with Crippen molar-refractivity contribution in [1.82, 2.24) is 14.9 Å². The summed E-state index contributed by atoms with van der Waals surface area (Å²) in [4.78, 5) is 40.4. The van der Waals surface area contributed by atoms with E-state index in [2.05, 4.69) is 4.98 Å². The summed E-state index contributed by atoms with van der Waals surface area (Å²) in [5, 5.41) is 8.98. The maximum absolute atomic E-state index is 12.2. The lowest BCUT2D eigenvalue weighted by atomic mass is 9.91. The van der Waals surface area contributed by atoms with Gasteiger partial charge in [-0.25, -0.2) is 4.79 Å². The molecule has 0 aromatic carbocycles. The first-order valence-corrected chi connectivity index (χ1v) is 5.87. The molecule has 1 aliphatic carbocycles. The zero-order valence-electron chi connectivity index (χ0n) is 9.81. The van der Waals surface area contributed by atoms with E-state index < -0.39 is 17.2 Å². The Labute approximate surface area is 102 Å². The quantitative estimate of drug-likeness (QED) is 0.643. The Morgan fingerprint density at radius 2 is 2.17 bits per heavy atom. The summed E-state index contributed by atoms with van der Waals surface area (Å²) in [5.74, 6) is -0.453. The van der Waals surface area contributed by atoms with Gasteiger partial charge in [0.2, 0.25) is 0 Å². The number of hydrogen-bond donors (Lipinski definition) is 3. The first-order valence-electron chi connectivity index (χ1n) is 5.87. The predicted molar refractivity (Wildman–Crippen MR) is 63.4 cm³/mol. The van der Waals surface area contributed by atoms with Gasteiger partial charge in [-0.1, -0.05) is 0 Å². The van der Waals surface area contributed by atoms with Gasteiger partial charge in [0.05, 0.1) is 6.61 Å². The van der Waals surface area contributed by atoms with Crippen LogP contribution >= 0.6 is 0 Å². The average molecular weight is 253 g/mol. The van der Waals surface area contributed by atoms with Crippen LogP contribution in [-0.4, -0.2) is 45.1 Å². The Balaban J connectivity index is 2.26. The van der Waals surface area contributed by atoms with Crippen LogP contribution in [0.25, 0.3) is 0 Å². The first kappa shape index (κ1) is 12.6. The number of nitrogens with zero attached hydrogens (tertiary/aromatic N) is 1. The molecule has 3 N–H and O–H groups in total. The monoisotopic (exact) mass is 253 g/mol. The third-order valence-electron chi connectivity index (χ3n) is 3.17. The van der Waals surface area contributed by atoms with Crippen LogP contribution in [0.2, 0.25) is 0 Å². The van der Waals surface area contributed by atoms with Gasteiger partial charge in [0.25, 0.3) is 11.5 Å². The van der Waals surface area contributed by atoms with E-state index in [4.69, 9.17) is 5.11 Å². The Morgan fingerprint density at radius 3 is 2.67 bits per heavy atom. The molecule has 1 aliphatic rings. The number of H-pyrrole nitrogens is 2. The second-order valence-electron chi connectivity index (χ2n) is 4.29. The average Bonchev–Trinajstić information content (AvgIpc) is 2.25. The van der Waals surface area contributed by atoms with Gasteiger partial charge >= 0.3 is 5.69 Å². The summed E-state index contributed by atoms with van der Waals surface area (Å²) in [5.41, 5.74) is -1.45. The first-order chi connectivity index (χ1) is 8.63. The molecular formula is C11H15N3O4. The SMILES string of the molecule is O=C(c1c[nH]c(=O)[nH]c1=O)N(CCO)C1CCC1. The Kier molecular flexibility index (Phi) is 3.61. The lowest BCUT2D eigenvalue weighted by molar-refractivity contribution is 0.0523. The van der Waals surface area contributed by atoms with Crippen LogP contribution in [0.1, 0.15) is 29.6 Å². The minimum atomic E-state index is -0.703. The summed E-state index contributed by atoms with van der Waals surface area (Å²) in [7, 11) is 0. The highest BCUT2D eigenvalue weighted by molar-refractivity contribution is 5.93. The molecule has 18 heavy (non-hydrogen) atoms. The van der Waals surface area contributed by atoms with Crippen LogP contribution < -0.4 is 11.2 Å². The van der Waals surface area contributed by atoms with Crippen LogP contribution in [-0.2, 0) is 0 Å². The highest BCUT2D eigenvalue weighted by Crippen LogP contribution is 2.25. The second kappa shape index (κ2) is 5.18. The van der Waals surface area contributed by atoms with Crippen LogP contribution in [0.4, 0.5) is 0 Å². The van der Waals surface area contributed by atoms with E-state index in [1.807, 2.05) is 4.98 Å². The third-order valence-corrected chi connectivity index (χ3v) is 3.17. The highest BCUT2D eigenvalue weighted by atomic mass is 16.3. The minimum absolute atomic E-state index is 0.0796. The van der Waals surface area contributed by atoms with E-state index in [1.165, 1.54) is 4.90 Å². The lowest BCUT2D eigenvalue weighted by Gasteiger charge is -2.37. The maximum atomic E-state index is 12.2. The molecule has 0 bridgehead atoms. The fraction of sp³-hybridized carbons (Fsp3) is 0.545. The number of aromatic nitrogens is 2. The molecule has 1 saturated carbocycles. The molecular weight excluding hydrogens is 238 g/mol. The van der Waals surface area contributed by atoms with E-state index in [-0.39, 0.29) is 24.8 Å². The Hall–Kier alpha value is -1.89. The highest BCUT2D eigenvalue weighted by Gasteiger charge is 2.30. The van der Waals surface area contributed by atoms with E-state index in [1.54, 1.807) is 0 Å². The number of aromatic amines is 2. The van der Waals surface area contributed by atoms with Gasteiger partial charge in [0.1, 0.15) is 5.56 Å². The van der Waals surface area contributed by atoms with Gasteiger partial charge in [-0.05, 0) is 19.3 Å². The molecule has 0 atom stereocenters. The predicted octanol–water partition coefficient (Wildman–Crippen LogP) is -0.950. The largest absolute Gasteiger partial charge is 0.395 e. The van der Waals surface area contributed by atoms with Crippen molar-refractivity contribution in [3.05, 3.63) is 32.6 Å². The molecule has 1 aromatic heterocycles. The van der Waals surface area contributed by atoms with Crippen molar-refractivity contribution in [3.8, 4) is 0 Å². The number of rotatable bonds is 4. The number of hydrogen-bond acceptors (Lipinski definition) is 4. The van der Waals surface area contributed by atoms with E-state index >= 15 is 0 Å². The van der Waals surface area contributed by atoms with Crippen molar-refractivity contribution in [2.24, 2.45) is 0 Å². The number of carbonyl (C=O) groups excluding carboxylic acids is 1. The van der Waals surface area contributed by atoms with E-state index in [0.29, 0.717) is 0 Å². The smallest absolute Gasteiger partial charge is 0.325 e. The lowest BCUT2D eigenvalue weighted by Crippen LogP contribution is -2.47. The van der Waals surface area contributed by atoms with E-state index in [0.717, 1.165) is 25.5 Å². The molecule has 1 fully saturated rings. The summed E-state index contributed by atoms with van der Waals surface area (Å²) in [6.07, 6.45) is 3.92. The molecule has 98 valence electrons. The van der Waals surface area contributed by atoms with Crippen LogP contribution in [0, 0.1) is 0 Å². The number of carbonyl (C=O) groups is 1. The summed E-state index contributed by atoms with van der Waals surface area (Å²) in [6.45, 7) is 0.0472. The second-order valence-corrected chi connectivity index (χ2v) is 4.29. The van der Waals surface area contributed by atoms with Crippen LogP contribution in [0.5, 0.6) is 0 Å². The molecule has 2 rings (SSSR count). The van der Waals surface area contributed by atoms with Crippen LogP contribution in [0.15, 0.2) is 15.8 Å². The molecule has 0 aliphatic heterocycles. The third kappa shape index (κ3) is 2.35. The Morgan fingerprint density at radius 1 is 1.44 bits per heavy atom. The van der Waals surface area contributed by atoms with Crippen molar-refractivity contribution in [2.75, 3.05) is 13.2 Å². The van der Waals surface area contributed by atoms with E-state index in [9.17, 15) is 14.4 Å². The van der Waals surface area contributed by atoms with Gasteiger partial charge in [-0.2, -0.15) is 0 Å². The Bertz CT molecular complexity index is 544. The normalized spacial score (nSPS) is 15.2. The summed E-state index contributed by atoms with van der Waals surface area (Å²) < 4.78 is 0. The summed E-state index contributed by atoms with van der Waals surface area (Å²) in [6, 6.07) is 0.0796. The standard InChI is InChI=1S/C11H15N3O4/c15-5-4-14(7-2-1-3-7)10(17)8-6-12-11(18)13-9(8)16/h6-7,15H,1-5H2,(H2,12,13,16,18). The topological polar surface area (TPSA) is 106 Å². The van der Waals surface area contributed by atoms with Crippen molar-refractivity contribution in [2.45, 2.75) is 25.3 Å². The molecule has 7 nitrogen and oxygen atoms in total. The van der Waals surface area contributed by atoms with Crippen LogP contribution in [0.3, 0.4) is 0 Å². The molecule has 1 amide bonds. The van der Waals surface area contributed by atoms with Crippen molar-refractivity contribution >= 4 is 5.91 Å². The minimum Gasteiger partial charge on any atom is -0.395 e. The molecule has 1 aromatic rings. The van der Waals surface area contributed by atoms with Crippen molar-refractivity contribution in [3.63, 3.8) is 0 Å². The fourth-order valence-corrected chi connectivity index (χ4v) is 1.98. The zero-order chi connectivity index (χ0) is 13.1. The number of aliphatic hydroxyl groups excluding tert-OH is 1. The number of nitrogens with one attached hydrogen (secondary N) is 2. The van der Waals surface area contributed by atoms with Crippen molar-refractivity contribution < 1.29 is 9.90 Å². The molecule has 0 spiro atoms. The van der Waals surface area contributed by atoms with Gasteiger partial charge in [0, 0.05) is 18.8 Å². The number of amides is 1. The maximum Gasteiger partial charge on any atom is 0.325 e. The van der Waals surface area contributed by atoms with Gasteiger partial charge in [-0.3, -0.25) is 14.6 Å². The molecule has 0 radical (unpaired) electrons. The fourth-order valence-electron chi connectivity index (χ4n) is 1.98. The molecule has 0 unspecified atom stereocenters.